The Morgan fingerprint density at radius 3 is 2.11 bits per heavy atom. The molecule has 2 fully saturated rings. The molecule has 1 aliphatic carbocycles. The van der Waals surface area contributed by atoms with Crippen molar-refractivity contribution in [1.82, 2.24) is 10.2 Å². The lowest BCUT2D eigenvalue weighted by molar-refractivity contribution is 0.0696. The van der Waals surface area contributed by atoms with Crippen molar-refractivity contribution in [3.05, 3.63) is 0 Å². The highest BCUT2D eigenvalue weighted by Crippen LogP contribution is 2.39. The van der Waals surface area contributed by atoms with E-state index < -0.39 is 0 Å². The van der Waals surface area contributed by atoms with Crippen LogP contribution in [0.4, 0.5) is 0 Å². The topological polar surface area (TPSA) is 15.3 Å². The number of hydrogen-bond acceptors (Lipinski definition) is 2. The smallest absolute Gasteiger partial charge is 0.00501 e. The van der Waals surface area contributed by atoms with Gasteiger partial charge < -0.3 is 10.2 Å². The maximum atomic E-state index is 3.46. The first-order chi connectivity index (χ1) is 8.63. The van der Waals surface area contributed by atoms with E-state index in [2.05, 4.69) is 31.1 Å². The van der Waals surface area contributed by atoms with Gasteiger partial charge in [0.15, 0.2) is 0 Å². The Balaban J connectivity index is 1.89. The van der Waals surface area contributed by atoms with Gasteiger partial charge in [0.2, 0.25) is 0 Å². The van der Waals surface area contributed by atoms with Crippen LogP contribution in [-0.4, -0.2) is 38.1 Å². The molecule has 18 heavy (non-hydrogen) atoms. The van der Waals surface area contributed by atoms with Crippen LogP contribution < -0.4 is 5.32 Å². The van der Waals surface area contributed by atoms with Crippen LogP contribution >= 0.6 is 0 Å². The maximum Gasteiger partial charge on any atom is 0.00501 e. The molecule has 0 radical (unpaired) electrons. The van der Waals surface area contributed by atoms with Crippen LogP contribution in [0.15, 0.2) is 0 Å². The Kier molecular flexibility index (Phi) is 5.08. The third-order valence-electron chi connectivity index (χ3n) is 5.32. The predicted molar refractivity (Wildman–Crippen MR) is 78.8 cm³/mol. The molecule has 1 aliphatic heterocycles. The molecule has 0 unspecified atom stereocenters. The molecular formula is C16H32N2. The summed E-state index contributed by atoms with van der Waals surface area (Å²) in [5.41, 5.74) is 0.571. The summed E-state index contributed by atoms with van der Waals surface area (Å²) in [4.78, 5) is 2.74. The summed E-state index contributed by atoms with van der Waals surface area (Å²) in [6, 6.07) is 0. The minimum Gasteiger partial charge on any atom is -0.319 e. The molecule has 2 rings (SSSR count). The van der Waals surface area contributed by atoms with Crippen molar-refractivity contribution in [2.24, 2.45) is 17.3 Å². The van der Waals surface area contributed by atoms with Gasteiger partial charge in [0.25, 0.3) is 0 Å². The summed E-state index contributed by atoms with van der Waals surface area (Å²) in [5.74, 6) is 1.91. The Morgan fingerprint density at radius 1 is 1.00 bits per heavy atom. The predicted octanol–water partition coefficient (Wildman–Crippen LogP) is 3.13. The van der Waals surface area contributed by atoms with Crippen molar-refractivity contribution in [3.63, 3.8) is 0 Å². The summed E-state index contributed by atoms with van der Waals surface area (Å²) in [6.45, 7) is 10.1. The van der Waals surface area contributed by atoms with Crippen molar-refractivity contribution in [1.29, 1.82) is 0 Å². The van der Waals surface area contributed by atoms with E-state index >= 15 is 0 Å². The zero-order valence-corrected chi connectivity index (χ0v) is 12.7. The molecule has 2 aliphatic rings. The zero-order chi connectivity index (χ0) is 13.0. The van der Waals surface area contributed by atoms with E-state index in [9.17, 15) is 0 Å². The maximum absolute atomic E-state index is 3.46. The molecule has 1 saturated carbocycles. The fraction of sp³-hybridized carbons (Fsp3) is 1.00. The monoisotopic (exact) mass is 252 g/mol. The van der Waals surface area contributed by atoms with Gasteiger partial charge in [-0.3, -0.25) is 0 Å². The van der Waals surface area contributed by atoms with E-state index in [1.807, 2.05) is 0 Å². The van der Waals surface area contributed by atoms with Crippen LogP contribution in [0.3, 0.4) is 0 Å². The lowest BCUT2D eigenvalue weighted by atomic mass is 9.70. The molecule has 2 heteroatoms. The van der Waals surface area contributed by atoms with Gasteiger partial charge in [0.05, 0.1) is 0 Å². The summed E-state index contributed by atoms with van der Waals surface area (Å²) >= 11 is 0. The molecule has 0 bridgehead atoms. The number of likely N-dealkylation sites (tertiary alicyclic amines) is 1. The van der Waals surface area contributed by atoms with E-state index in [-0.39, 0.29) is 0 Å². The van der Waals surface area contributed by atoms with E-state index in [0.717, 1.165) is 11.8 Å². The second kappa shape index (κ2) is 6.38. The number of hydrogen-bond donors (Lipinski definition) is 1. The first-order valence-electron chi connectivity index (χ1n) is 8.00. The molecule has 0 aromatic rings. The van der Waals surface area contributed by atoms with Crippen molar-refractivity contribution in [2.45, 2.75) is 52.4 Å². The minimum atomic E-state index is 0.571. The van der Waals surface area contributed by atoms with Crippen molar-refractivity contribution in [3.8, 4) is 0 Å². The van der Waals surface area contributed by atoms with Gasteiger partial charge in [-0.25, -0.2) is 0 Å². The van der Waals surface area contributed by atoms with Crippen LogP contribution in [0.2, 0.25) is 0 Å². The summed E-state index contributed by atoms with van der Waals surface area (Å²) in [6.07, 6.45) is 8.55. The summed E-state index contributed by atoms with van der Waals surface area (Å²) < 4.78 is 0. The fourth-order valence-electron chi connectivity index (χ4n) is 3.83. The van der Waals surface area contributed by atoms with Crippen LogP contribution in [0, 0.1) is 17.3 Å². The highest BCUT2D eigenvalue weighted by molar-refractivity contribution is 4.89. The minimum absolute atomic E-state index is 0.571. The number of nitrogens with zero attached hydrogens (tertiary/aromatic N) is 1. The van der Waals surface area contributed by atoms with E-state index in [1.165, 1.54) is 64.7 Å². The Hall–Kier alpha value is -0.0800. The lowest BCUT2D eigenvalue weighted by Crippen LogP contribution is -2.47. The second-order valence-corrected chi connectivity index (χ2v) is 7.17. The summed E-state index contributed by atoms with van der Waals surface area (Å²) in [7, 11) is 2.12. The first kappa shape index (κ1) is 14.3. The third kappa shape index (κ3) is 3.71. The first-order valence-corrected chi connectivity index (χ1v) is 8.00. The highest BCUT2D eigenvalue weighted by Gasteiger charge is 2.35. The van der Waals surface area contributed by atoms with Crippen LogP contribution in [0.25, 0.3) is 0 Å². The van der Waals surface area contributed by atoms with Crippen molar-refractivity contribution >= 4 is 0 Å². The molecule has 0 aromatic carbocycles. The van der Waals surface area contributed by atoms with Gasteiger partial charge in [-0.1, -0.05) is 26.7 Å². The standard InChI is InChI=1S/C16H32N2/c1-14-4-8-16(9-5-14,12-17-3)13-18-10-6-15(2)7-11-18/h14-15,17H,4-13H2,1-3H3. The van der Waals surface area contributed by atoms with Gasteiger partial charge in [0, 0.05) is 13.1 Å². The van der Waals surface area contributed by atoms with Crippen LogP contribution in [0.1, 0.15) is 52.4 Å². The van der Waals surface area contributed by atoms with Gasteiger partial charge in [0.1, 0.15) is 0 Å². The zero-order valence-electron chi connectivity index (χ0n) is 12.7. The second-order valence-electron chi connectivity index (χ2n) is 7.17. The number of nitrogens with one attached hydrogen (secondary N) is 1. The van der Waals surface area contributed by atoms with Gasteiger partial charge >= 0.3 is 0 Å². The molecule has 0 spiro atoms. The number of piperidine rings is 1. The quantitative estimate of drug-likeness (QED) is 0.827. The van der Waals surface area contributed by atoms with Gasteiger partial charge in [-0.2, -0.15) is 0 Å². The largest absolute Gasteiger partial charge is 0.319 e. The molecule has 0 aromatic heterocycles. The molecule has 1 heterocycles. The van der Waals surface area contributed by atoms with E-state index in [1.54, 1.807) is 0 Å². The number of rotatable bonds is 4. The molecule has 106 valence electrons. The average Bonchev–Trinajstić information content (AvgIpc) is 2.37. The van der Waals surface area contributed by atoms with Crippen molar-refractivity contribution < 1.29 is 0 Å². The molecular weight excluding hydrogens is 220 g/mol. The van der Waals surface area contributed by atoms with Gasteiger partial charge in [-0.15, -0.1) is 0 Å². The third-order valence-corrected chi connectivity index (χ3v) is 5.32. The Bertz CT molecular complexity index is 235. The van der Waals surface area contributed by atoms with Crippen LogP contribution in [0.5, 0.6) is 0 Å². The Morgan fingerprint density at radius 2 is 1.56 bits per heavy atom. The Labute approximate surface area is 114 Å². The molecule has 0 amide bonds. The van der Waals surface area contributed by atoms with Crippen LogP contribution in [-0.2, 0) is 0 Å². The SMILES string of the molecule is CNCC1(CN2CCC(C)CC2)CCC(C)CC1. The molecule has 0 atom stereocenters. The lowest BCUT2D eigenvalue weighted by Gasteiger charge is -2.44. The molecule has 1 N–H and O–H groups in total. The van der Waals surface area contributed by atoms with E-state index in [4.69, 9.17) is 0 Å². The highest BCUT2D eigenvalue weighted by atomic mass is 15.1. The molecule has 1 saturated heterocycles. The fourth-order valence-corrected chi connectivity index (χ4v) is 3.83. The van der Waals surface area contributed by atoms with E-state index in [0.29, 0.717) is 5.41 Å². The molecule has 2 nitrogen and oxygen atoms in total. The average molecular weight is 252 g/mol. The normalized spacial score (nSPS) is 35.8. The van der Waals surface area contributed by atoms with Crippen molar-refractivity contribution in [2.75, 3.05) is 33.2 Å². The summed E-state index contributed by atoms with van der Waals surface area (Å²) in [5, 5.41) is 3.46. The van der Waals surface area contributed by atoms with Gasteiger partial charge in [-0.05, 0) is 63.1 Å².